The number of carbonyl (C=O) groups is 2. The quantitative estimate of drug-likeness (QED) is 0.619. The molecule has 0 saturated carbocycles. The fraction of sp³-hybridized carbons (Fsp3) is 0.292. The first-order valence-electron chi connectivity index (χ1n) is 10.4. The maximum absolute atomic E-state index is 13.2. The second-order valence-electron chi connectivity index (χ2n) is 8.49. The summed E-state index contributed by atoms with van der Waals surface area (Å²) in [6.07, 6.45) is 1.41. The predicted molar refractivity (Wildman–Crippen MR) is 127 cm³/mol. The molecule has 0 radical (unpaired) electrons. The van der Waals surface area contributed by atoms with Crippen LogP contribution in [-0.4, -0.2) is 50.0 Å². The number of nitrogens with zero attached hydrogens (tertiary/aromatic N) is 3. The molecule has 1 N–H and O–H groups in total. The van der Waals surface area contributed by atoms with Crippen molar-refractivity contribution in [2.75, 3.05) is 16.9 Å². The number of ether oxygens (including phenoxy) is 1. The Bertz CT molecular complexity index is 1090. The summed E-state index contributed by atoms with van der Waals surface area (Å²) in [6, 6.07) is 18.9. The van der Waals surface area contributed by atoms with E-state index in [2.05, 4.69) is 10.4 Å². The summed E-state index contributed by atoms with van der Waals surface area (Å²) < 4.78 is 7.22. The van der Waals surface area contributed by atoms with Gasteiger partial charge in [-0.1, -0.05) is 48.5 Å². The van der Waals surface area contributed by atoms with Gasteiger partial charge in [-0.15, -0.1) is 16.9 Å². The van der Waals surface area contributed by atoms with E-state index < -0.39 is 17.7 Å². The Balaban J connectivity index is 1.61. The number of carbonyl (C=O) groups excluding carboxylic acids is 2. The lowest BCUT2D eigenvalue weighted by Gasteiger charge is -2.27. The summed E-state index contributed by atoms with van der Waals surface area (Å²) >= 11 is 1.52. The number of rotatable bonds is 4. The maximum atomic E-state index is 13.2. The third-order valence-electron chi connectivity index (χ3n) is 4.87. The standard InChI is InChI=1S/C24H26N4O3S/c1-24(2,3)31-23(30)27-16-32-15-20(27)22(29)25-21-19(17-10-6-4-7-11-17)14-28(26-21)18-12-8-5-9-13-18/h4-14,20H,15-16H2,1-3H3,(H,25,26,29)/t20-/m1/s1. The fourth-order valence-corrected chi connectivity index (χ4v) is 4.51. The molecule has 0 bridgehead atoms. The topological polar surface area (TPSA) is 76.5 Å². The summed E-state index contributed by atoms with van der Waals surface area (Å²) in [5, 5.41) is 7.60. The van der Waals surface area contributed by atoms with Gasteiger partial charge in [-0.2, -0.15) is 0 Å². The number of benzene rings is 2. The third-order valence-corrected chi connectivity index (χ3v) is 5.89. The highest BCUT2D eigenvalue weighted by molar-refractivity contribution is 7.99. The number of thioether (sulfide) groups is 1. The molecular weight excluding hydrogens is 424 g/mol. The van der Waals surface area contributed by atoms with Crippen molar-refractivity contribution >= 4 is 29.6 Å². The van der Waals surface area contributed by atoms with Crippen molar-refractivity contribution in [1.29, 1.82) is 0 Å². The molecular formula is C24H26N4O3S. The minimum absolute atomic E-state index is 0.281. The van der Waals surface area contributed by atoms with Crippen LogP contribution in [0.25, 0.3) is 16.8 Å². The molecule has 0 spiro atoms. The number of para-hydroxylation sites is 1. The average Bonchev–Trinajstić information content (AvgIpc) is 3.41. The summed E-state index contributed by atoms with van der Waals surface area (Å²) in [4.78, 5) is 27.3. The van der Waals surface area contributed by atoms with Crippen LogP contribution >= 0.6 is 11.8 Å². The molecule has 32 heavy (non-hydrogen) atoms. The van der Waals surface area contributed by atoms with E-state index in [-0.39, 0.29) is 5.91 Å². The molecule has 1 aliphatic rings. The minimum Gasteiger partial charge on any atom is -0.444 e. The lowest BCUT2D eigenvalue weighted by atomic mass is 10.1. The second-order valence-corrected chi connectivity index (χ2v) is 9.49. The molecule has 1 atom stereocenters. The van der Waals surface area contributed by atoms with Crippen LogP contribution < -0.4 is 5.32 Å². The third kappa shape index (κ3) is 4.96. The van der Waals surface area contributed by atoms with Crippen molar-refractivity contribution in [3.05, 3.63) is 66.9 Å². The first kappa shape index (κ1) is 22.0. The molecule has 0 aliphatic carbocycles. The molecule has 1 saturated heterocycles. The molecule has 4 rings (SSSR count). The van der Waals surface area contributed by atoms with Crippen LogP contribution in [0.5, 0.6) is 0 Å². The van der Waals surface area contributed by atoms with E-state index in [0.29, 0.717) is 17.4 Å². The Labute approximate surface area is 191 Å². The van der Waals surface area contributed by atoms with Crippen molar-refractivity contribution < 1.29 is 14.3 Å². The van der Waals surface area contributed by atoms with Crippen LogP contribution in [0.2, 0.25) is 0 Å². The summed E-state index contributed by atoms with van der Waals surface area (Å²) in [5.41, 5.74) is 2.00. The van der Waals surface area contributed by atoms with E-state index >= 15 is 0 Å². The van der Waals surface area contributed by atoms with Gasteiger partial charge in [0.25, 0.3) is 0 Å². The average molecular weight is 451 g/mol. The van der Waals surface area contributed by atoms with Crippen molar-refractivity contribution in [3.8, 4) is 16.8 Å². The van der Waals surface area contributed by atoms with Crippen molar-refractivity contribution in [3.63, 3.8) is 0 Å². The van der Waals surface area contributed by atoms with Gasteiger partial charge in [0, 0.05) is 17.5 Å². The molecule has 2 aromatic carbocycles. The van der Waals surface area contributed by atoms with E-state index in [4.69, 9.17) is 4.74 Å². The molecule has 1 aliphatic heterocycles. The molecule has 1 aromatic heterocycles. The molecule has 8 heteroatoms. The lowest BCUT2D eigenvalue weighted by molar-refractivity contribution is -0.120. The lowest BCUT2D eigenvalue weighted by Crippen LogP contribution is -2.46. The molecule has 2 heterocycles. The van der Waals surface area contributed by atoms with Crippen LogP contribution in [-0.2, 0) is 9.53 Å². The molecule has 7 nitrogen and oxygen atoms in total. The van der Waals surface area contributed by atoms with Gasteiger partial charge >= 0.3 is 6.09 Å². The van der Waals surface area contributed by atoms with E-state index in [1.165, 1.54) is 16.7 Å². The highest BCUT2D eigenvalue weighted by Gasteiger charge is 2.37. The number of nitrogens with one attached hydrogen (secondary N) is 1. The van der Waals surface area contributed by atoms with Gasteiger partial charge in [-0.25, -0.2) is 9.48 Å². The zero-order valence-corrected chi connectivity index (χ0v) is 19.1. The monoisotopic (exact) mass is 450 g/mol. The Hall–Kier alpha value is -3.26. The van der Waals surface area contributed by atoms with E-state index in [1.54, 1.807) is 4.68 Å². The van der Waals surface area contributed by atoms with Crippen molar-refractivity contribution in [2.45, 2.75) is 32.4 Å². The van der Waals surface area contributed by atoms with Gasteiger partial charge in [0.2, 0.25) is 5.91 Å². The van der Waals surface area contributed by atoms with E-state index in [9.17, 15) is 9.59 Å². The first-order chi connectivity index (χ1) is 15.3. The molecule has 3 aromatic rings. The molecule has 2 amide bonds. The number of aromatic nitrogens is 2. The van der Waals surface area contributed by atoms with Gasteiger partial charge in [-0.05, 0) is 38.5 Å². The number of hydrogen-bond donors (Lipinski definition) is 1. The zero-order valence-electron chi connectivity index (χ0n) is 18.3. The fourth-order valence-electron chi connectivity index (χ4n) is 3.37. The summed E-state index contributed by atoms with van der Waals surface area (Å²) in [6.45, 7) is 5.43. The minimum atomic E-state index is -0.625. The Morgan fingerprint density at radius 3 is 2.38 bits per heavy atom. The van der Waals surface area contributed by atoms with Crippen molar-refractivity contribution in [1.82, 2.24) is 14.7 Å². The number of anilines is 1. The van der Waals surface area contributed by atoms with Gasteiger partial charge in [0.1, 0.15) is 11.6 Å². The van der Waals surface area contributed by atoms with Crippen LogP contribution in [0.4, 0.5) is 10.6 Å². The van der Waals surface area contributed by atoms with Gasteiger partial charge in [0.05, 0.1) is 11.6 Å². The van der Waals surface area contributed by atoms with Gasteiger partial charge in [0.15, 0.2) is 5.82 Å². The van der Waals surface area contributed by atoms with Crippen LogP contribution in [0, 0.1) is 0 Å². The highest BCUT2D eigenvalue weighted by Crippen LogP contribution is 2.30. The van der Waals surface area contributed by atoms with Gasteiger partial charge < -0.3 is 10.1 Å². The van der Waals surface area contributed by atoms with Crippen LogP contribution in [0.3, 0.4) is 0 Å². The SMILES string of the molecule is CC(C)(C)OC(=O)N1CSC[C@@H]1C(=O)Nc1nn(-c2ccccc2)cc1-c1ccccc1. The molecule has 0 unspecified atom stereocenters. The largest absolute Gasteiger partial charge is 0.444 e. The van der Waals surface area contributed by atoms with E-state index in [1.807, 2.05) is 87.6 Å². The smallest absolute Gasteiger partial charge is 0.411 e. The maximum Gasteiger partial charge on any atom is 0.411 e. The molecule has 1 fully saturated rings. The first-order valence-corrected chi connectivity index (χ1v) is 11.6. The second kappa shape index (κ2) is 9.08. The van der Waals surface area contributed by atoms with Crippen molar-refractivity contribution in [2.24, 2.45) is 0 Å². The van der Waals surface area contributed by atoms with E-state index in [0.717, 1.165) is 16.8 Å². The summed E-state index contributed by atoms with van der Waals surface area (Å²) in [7, 11) is 0. The Morgan fingerprint density at radius 1 is 1.06 bits per heavy atom. The Kier molecular flexibility index (Phi) is 6.23. The normalized spacial score (nSPS) is 16.1. The highest BCUT2D eigenvalue weighted by atomic mass is 32.2. The number of amides is 2. The van der Waals surface area contributed by atoms with Crippen LogP contribution in [0.1, 0.15) is 20.8 Å². The molecule has 166 valence electrons. The zero-order chi connectivity index (χ0) is 22.7. The summed E-state index contributed by atoms with van der Waals surface area (Å²) in [5.74, 6) is 1.09. The van der Waals surface area contributed by atoms with Gasteiger partial charge in [-0.3, -0.25) is 9.69 Å². The predicted octanol–water partition coefficient (Wildman–Crippen LogP) is 4.79. The Morgan fingerprint density at radius 2 is 1.72 bits per heavy atom. The van der Waals surface area contributed by atoms with Crippen LogP contribution in [0.15, 0.2) is 66.9 Å². The number of hydrogen-bond acceptors (Lipinski definition) is 5.